The number of rotatable bonds is 7. The third kappa shape index (κ3) is 4.57. The van der Waals surface area contributed by atoms with Gasteiger partial charge in [-0.05, 0) is 36.8 Å². The summed E-state index contributed by atoms with van der Waals surface area (Å²) in [6.07, 6.45) is 1.75. The van der Waals surface area contributed by atoms with E-state index in [1.807, 2.05) is 11.6 Å². The molecule has 1 amide bonds. The molecule has 0 bridgehead atoms. The molecule has 140 valence electrons. The van der Waals surface area contributed by atoms with E-state index in [0.29, 0.717) is 6.54 Å². The summed E-state index contributed by atoms with van der Waals surface area (Å²) in [4.78, 5) is 13.6. The van der Waals surface area contributed by atoms with Gasteiger partial charge < -0.3 is 4.90 Å². The highest BCUT2D eigenvalue weighted by atomic mass is 32.2. The molecule has 0 aliphatic rings. The molecule has 0 unspecified atom stereocenters. The summed E-state index contributed by atoms with van der Waals surface area (Å²) in [7, 11) is -2.63. The lowest BCUT2D eigenvalue weighted by Crippen LogP contribution is -2.28. The Morgan fingerprint density at radius 1 is 1.12 bits per heavy atom. The SMILES string of the molecule is CCCCN(C)C(=O)c1cccc(S(=O)(=O)Nc2c(F)cccc2F)c1. The zero-order valence-electron chi connectivity index (χ0n) is 14.5. The number of unbranched alkanes of at least 4 members (excludes halogenated alkanes) is 1. The van der Waals surface area contributed by atoms with Crippen molar-refractivity contribution in [1.29, 1.82) is 0 Å². The van der Waals surface area contributed by atoms with E-state index in [9.17, 15) is 22.0 Å². The maximum Gasteiger partial charge on any atom is 0.262 e. The Bertz CT molecular complexity index is 881. The molecule has 2 rings (SSSR count). The molecule has 8 heteroatoms. The van der Waals surface area contributed by atoms with Crippen molar-refractivity contribution in [3.63, 3.8) is 0 Å². The zero-order valence-corrected chi connectivity index (χ0v) is 15.3. The van der Waals surface area contributed by atoms with Gasteiger partial charge in [0.2, 0.25) is 0 Å². The number of sulfonamides is 1. The second kappa shape index (κ2) is 8.27. The third-order valence-corrected chi connectivity index (χ3v) is 5.13. The van der Waals surface area contributed by atoms with Gasteiger partial charge in [-0.2, -0.15) is 0 Å². The van der Waals surface area contributed by atoms with Crippen molar-refractivity contribution >= 4 is 21.6 Å². The van der Waals surface area contributed by atoms with Crippen LogP contribution in [-0.2, 0) is 10.0 Å². The standard InChI is InChI=1S/C18H20F2N2O3S/c1-3-4-11-22(2)18(23)13-7-5-8-14(12-13)26(24,25)21-17-15(19)9-6-10-16(17)20/h5-10,12,21H,3-4,11H2,1-2H3. The summed E-state index contributed by atoms with van der Waals surface area (Å²) in [5.41, 5.74) is -0.579. The minimum absolute atomic E-state index is 0.181. The van der Waals surface area contributed by atoms with Crippen LogP contribution in [0.3, 0.4) is 0 Å². The van der Waals surface area contributed by atoms with E-state index in [1.54, 1.807) is 7.05 Å². The van der Waals surface area contributed by atoms with Crippen molar-refractivity contribution in [2.75, 3.05) is 18.3 Å². The number of hydrogen-bond acceptors (Lipinski definition) is 3. The van der Waals surface area contributed by atoms with Crippen LogP contribution in [0.2, 0.25) is 0 Å². The number of hydrogen-bond donors (Lipinski definition) is 1. The molecule has 0 spiro atoms. The van der Waals surface area contributed by atoms with Crippen molar-refractivity contribution in [1.82, 2.24) is 4.90 Å². The van der Waals surface area contributed by atoms with Crippen molar-refractivity contribution in [2.45, 2.75) is 24.7 Å². The van der Waals surface area contributed by atoms with Crippen LogP contribution in [0.25, 0.3) is 0 Å². The van der Waals surface area contributed by atoms with Crippen molar-refractivity contribution in [3.05, 3.63) is 59.7 Å². The van der Waals surface area contributed by atoms with Crippen LogP contribution < -0.4 is 4.72 Å². The highest BCUT2D eigenvalue weighted by Gasteiger charge is 2.21. The lowest BCUT2D eigenvalue weighted by molar-refractivity contribution is 0.0793. The summed E-state index contributed by atoms with van der Waals surface area (Å²) in [5.74, 6) is -2.38. The highest BCUT2D eigenvalue weighted by Crippen LogP contribution is 2.23. The lowest BCUT2D eigenvalue weighted by Gasteiger charge is -2.17. The quantitative estimate of drug-likeness (QED) is 0.795. The number of anilines is 1. The van der Waals surface area contributed by atoms with Gasteiger partial charge in [0.1, 0.15) is 17.3 Å². The average Bonchev–Trinajstić information content (AvgIpc) is 2.62. The Kier molecular flexibility index (Phi) is 6.31. The van der Waals surface area contributed by atoms with E-state index in [0.717, 1.165) is 31.0 Å². The smallest absolute Gasteiger partial charge is 0.262 e. The van der Waals surface area contributed by atoms with Gasteiger partial charge in [-0.15, -0.1) is 0 Å². The maximum absolute atomic E-state index is 13.7. The molecular weight excluding hydrogens is 362 g/mol. The fourth-order valence-corrected chi connectivity index (χ4v) is 3.42. The molecule has 1 N–H and O–H groups in total. The second-order valence-corrected chi connectivity index (χ2v) is 7.49. The Morgan fingerprint density at radius 2 is 1.73 bits per heavy atom. The van der Waals surface area contributed by atoms with Gasteiger partial charge in [-0.1, -0.05) is 25.5 Å². The van der Waals surface area contributed by atoms with Crippen LogP contribution in [0.1, 0.15) is 30.1 Å². The van der Waals surface area contributed by atoms with Gasteiger partial charge in [0, 0.05) is 19.2 Å². The number of carbonyl (C=O) groups is 1. The molecule has 5 nitrogen and oxygen atoms in total. The first kappa shape index (κ1) is 19.8. The number of amides is 1. The van der Waals surface area contributed by atoms with Crippen LogP contribution >= 0.6 is 0 Å². The second-order valence-electron chi connectivity index (χ2n) is 5.81. The van der Waals surface area contributed by atoms with Gasteiger partial charge in [0.15, 0.2) is 0 Å². The normalized spacial score (nSPS) is 11.2. The number of carbonyl (C=O) groups excluding carboxylic acids is 1. The molecule has 0 heterocycles. The first-order valence-corrected chi connectivity index (χ1v) is 9.57. The average molecular weight is 382 g/mol. The number of para-hydroxylation sites is 1. The van der Waals surface area contributed by atoms with E-state index < -0.39 is 27.3 Å². The molecule has 2 aromatic carbocycles. The molecule has 0 saturated heterocycles. The number of nitrogens with zero attached hydrogens (tertiary/aromatic N) is 1. The first-order valence-electron chi connectivity index (χ1n) is 8.08. The van der Waals surface area contributed by atoms with E-state index in [4.69, 9.17) is 0 Å². The summed E-state index contributed by atoms with van der Waals surface area (Å²) in [6.45, 7) is 2.55. The molecule has 0 radical (unpaired) electrons. The van der Waals surface area contributed by atoms with Crippen LogP contribution in [-0.4, -0.2) is 32.8 Å². The van der Waals surface area contributed by atoms with E-state index in [1.165, 1.54) is 29.2 Å². The van der Waals surface area contributed by atoms with Gasteiger partial charge >= 0.3 is 0 Å². The molecule has 26 heavy (non-hydrogen) atoms. The maximum atomic E-state index is 13.7. The Labute approximate surface area is 151 Å². The number of benzene rings is 2. The fraction of sp³-hybridized carbons (Fsp3) is 0.278. The molecule has 0 aromatic heterocycles. The summed E-state index contributed by atoms with van der Waals surface area (Å²) in [6, 6.07) is 8.37. The summed E-state index contributed by atoms with van der Waals surface area (Å²) >= 11 is 0. The van der Waals surface area contributed by atoms with Crippen LogP contribution in [0, 0.1) is 11.6 Å². The Hall–Kier alpha value is -2.48. The Balaban J connectivity index is 2.29. The molecule has 0 atom stereocenters. The third-order valence-electron chi connectivity index (χ3n) is 3.78. The Morgan fingerprint density at radius 3 is 2.35 bits per heavy atom. The van der Waals surface area contributed by atoms with Gasteiger partial charge in [-0.3, -0.25) is 9.52 Å². The highest BCUT2D eigenvalue weighted by molar-refractivity contribution is 7.92. The molecule has 0 aliphatic carbocycles. The summed E-state index contributed by atoms with van der Waals surface area (Å²) in [5, 5.41) is 0. The van der Waals surface area contributed by atoms with Crippen LogP contribution in [0.4, 0.5) is 14.5 Å². The topological polar surface area (TPSA) is 66.5 Å². The minimum atomic E-state index is -4.26. The summed E-state index contributed by atoms with van der Waals surface area (Å²) < 4.78 is 54.2. The van der Waals surface area contributed by atoms with Crippen molar-refractivity contribution in [3.8, 4) is 0 Å². The number of halogens is 2. The van der Waals surface area contributed by atoms with Crippen molar-refractivity contribution < 1.29 is 22.0 Å². The van der Waals surface area contributed by atoms with E-state index in [2.05, 4.69) is 0 Å². The fourth-order valence-electron chi connectivity index (χ4n) is 2.30. The van der Waals surface area contributed by atoms with Crippen LogP contribution in [0.5, 0.6) is 0 Å². The zero-order chi connectivity index (χ0) is 19.3. The van der Waals surface area contributed by atoms with Crippen LogP contribution in [0.15, 0.2) is 47.4 Å². The predicted octanol–water partition coefficient (Wildman–Crippen LogP) is 3.64. The van der Waals surface area contributed by atoms with E-state index >= 15 is 0 Å². The van der Waals surface area contributed by atoms with Gasteiger partial charge in [-0.25, -0.2) is 17.2 Å². The largest absolute Gasteiger partial charge is 0.342 e. The molecule has 0 fully saturated rings. The molecule has 0 aliphatic heterocycles. The minimum Gasteiger partial charge on any atom is -0.342 e. The van der Waals surface area contributed by atoms with Gasteiger partial charge in [0.25, 0.3) is 15.9 Å². The lowest BCUT2D eigenvalue weighted by atomic mass is 10.2. The molecular formula is C18H20F2N2O3S. The predicted molar refractivity (Wildman–Crippen MR) is 95.5 cm³/mol. The van der Waals surface area contributed by atoms with E-state index in [-0.39, 0.29) is 16.4 Å². The molecule has 2 aromatic rings. The monoisotopic (exact) mass is 382 g/mol. The molecule has 0 saturated carbocycles. The number of nitrogens with one attached hydrogen (secondary N) is 1. The van der Waals surface area contributed by atoms with Gasteiger partial charge in [0.05, 0.1) is 4.90 Å². The van der Waals surface area contributed by atoms with Crippen molar-refractivity contribution in [2.24, 2.45) is 0 Å². The first-order chi connectivity index (χ1) is 12.3.